The van der Waals surface area contributed by atoms with E-state index in [1.807, 2.05) is 84.4 Å². The smallest absolute Gasteiger partial charge is 0.388 e. The summed E-state index contributed by atoms with van der Waals surface area (Å²) in [5, 5.41) is 9.38. The third kappa shape index (κ3) is 9.48. The minimum absolute atomic E-state index is 0.0204. The third-order valence-corrected chi connectivity index (χ3v) is 11.3. The molecule has 2 atom stereocenters. The van der Waals surface area contributed by atoms with Crippen LogP contribution in [-0.2, 0) is 53.3 Å². The molecule has 1 aromatic heterocycles. The number of carbonyl (C=O) groups is 1. The number of rotatable bonds is 17. The second kappa shape index (κ2) is 18.1. The fourth-order valence-corrected chi connectivity index (χ4v) is 8.06. The van der Waals surface area contributed by atoms with E-state index in [-0.39, 0.29) is 38.1 Å². The predicted octanol–water partition coefficient (Wildman–Crippen LogP) is 8.17. The molecular weight excluding hydrogens is 728 g/mol. The summed E-state index contributed by atoms with van der Waals surface area (Å²) in [4.78, 5) is 13.0. The molecule has 0 amide bonds. The molecule has 0 spiro atoms. The Morgan fingerprint density at radius 3 is 2.37 bits per heavy atom. The van der Waals surface area contributed by atoms with E-state index in [4.69, 9.17) is 30.0 Å². The van der Waals surface area contributed by atoms with E-state index in [0.717, 1.165) is 51.7 Å². The van der Waals surface area contributed by atoms with Crippen molar-refractivity contribution in [1.29, 1.82) is 0 Å². The first-order valence-electron chi connectivity index (χ1n) is 18.1. The zero-order valence-corrected chi connectivity index (χ0v) is 32.3. The van der Waals surface area contributed by atoms with E-state index >= 15 is 0 Å². The number of benzene rings is 4. The Morgan fingerprint density at radius 1 is 0.944 bits per heavy atom. The number of aryl methyl sites for hydroxylation is 2. The Bertz CT molecular complexity index is 2180. The molecule has 0 aliphatic carbocycles. The first-order chi connectivity index (χ1) is 26.1. The molecule has 1 aliphatic rings. The minimum Gasteiger partial charge on any atom is -0.466 e. The fraction of sp³-hybridized carbons (Fsp3) is 0.341. The summed E-state index contributed by atoms with van der Waals surface area (Å²) in [5.41, 5.74) is 6.80. The van der Waals surface area contributed by atoms with Crippen LogP contribution in [0.25, 0.3) is 11.0 Å². The summed E-state index contributed by atoms with van der Waals surface area (Å²) in [6.45, 7) is 7.86. The molecule has 54 heavy (non-hydrogen) atoms. The molecule has 11 nitrogen and oxygen atoms in total. The summed E-state index contributed by atoms with van der Waals surface area (Å²) < 4.78 is 52.1. The molecule has 0 N–H and O–H groups in total. The van der Waals surface area contributed by atoms with Crippen LogP contribution in [0.4, 0.5) is 0 Å². The Kier molecular flexibility index (Phi) is 13.0. The highest BCUT2D eigenvalue weighted by Crippen LogP contribution is 2.38. The van der Waals surface area contributed by atoms with Crippen molar-refractivity contribution in [1.82, 2.24) is 19.3 Å². The lowest BCUT2D eigenvalue weighted by atomic mass is 9.84. The average Bonchev–Trinajstić information content (AvgIpc) is 3.59. The van der Waals surface area contributed by atoms with Gasteiger partial charge in [-0.3, -0.25) is 4.79 Å². The highest BCUT2D eigenvalue weighted by molar-refractivity contribution is 7.84. The van der Waals surface area contributed by atoms with Gasteiger partial charge in [0.1, 0.15) is 12.1 Å². The molecule has 0 fully saturated rings. The standard InChI is InChI=1S/C41H45ClN4O7S/c1-4-51-39(47)26-36(34-18-20-38-41(29(34)2)43-44-45(38)22-11-12-24-50-27-31-13-7-5-8-14-31)33-17-19-37(42)35(25-33)30(3)46-23-21-40(53-54(46,48)49)52-28-32-15-9-6-10-16-32/h5-10,13-21,25,30,36H,4,11-12,22-24,26-28H2,1-3H3/t30-,36?/m1/s1. The zero-order valence-electron chi connectivity index (χ0n) is 30.7. The number of ether oxygens (including phenoxy) is 3. The third-order valence-electron chi connectivity index (χ3n) is 9.50. The predicted molar refractivity (Wildman–Crippen MR) is 207 cm³/mol. The highest BCUT2D eigenvalue weighted by atomic mass is 35.5. The lowest BCUT2D eigenvalue weighted by molar-refractivity contribution is -0.143. The van der Waals surface area contributed by atoms with Crippen LogP contribution in [0.2, 0.25) is 5.02 Å². The molecule has 0 saturated heterocycles. The maximum atomic E-state index is 13.4. The van der Waals surface area contributed by atoms with Crippen LogP contribution in [0.3, 0.4) is 0 Å². The van der Waals surface area contributed by atoms with Gasteiger partial charge in [-0.25, -0.2) is 4.68 Å². The Balaban J connectivity index is 1.19. The van der Waals surface area contributed by atoms with Crippen molar-refractivity contribution in [3.8, 4) is 0 Å². The normalized spacial score (nSPS) is 15.3. The van der Waals surface area contributed by atoms with Crippen molar-refractivity contribution in [2.24, 2.45) is 0 Å². The maximum absolute atomic E-state index is 13.4. The minimum atomic E-state index is -4.22. The number of fused-ring (bicyclic) bond motifs is 1. The van der Waals surface area contributed by atoms with Crippen molar-refractivity contribution in [2.45, 2.75) is 71.8 Å². The van der Waals surface area contributed by atoms with Gasteiger partial charge >= 0.3 is 16.3 Å². The molecule has 0 saturated carbocycles. The number of hydrogen-bond donors (Lipinski definition) is 0. The number of nitrogens with zero attached hydrogens (tertiary/aromatic N) is 4. The summed E-state index contributed by atoms with van der Waals surface area (Å²) in [5.74, 6) is -0.868. The maximum Gasteiger partial charge on any atom is 0.388 e. The van der Waals surface area contributed by atoms with Gasteiger partial charge in [0.25, 0.3) is 5.95 Å². The highest BCUT2D eigenvalue weighted by Gasteiger charge is 2.36. The second-order valence-electron chi connectivity index (χ2n) is 13.1. The van der Waals surface area contributed by atoms with Gasteiger partial charge in [0.05, 0.1) is 31.2 Å². The van der Waals surface area contributed by atoms with Gasteiger partial charge in [-0.1, -0.05) is 95.7 Å². The topological polar surface area (TPSA) is 122 Å². The van der Waals surface area contributed by atoms with Gasteiger partial charge in [-0.15, -0.1) is 5.10 Å². The summed E-state index contributed by atoms with van der Waals surface area (Å²) >= 11 is 6.74. The van der Waals surface area contributed by atoms with Gasteiger partial charge < -0.3 is 18.4 Å². The summed E-state index contributed by atoms with van der Waals surface area (Å²) in [7, 11) is -4.22. The van der Waals surface area contributed by atoms with E-state index in [2.05, 4.69) is 22.4 Å². The van der Waals surface area contributed by atoms with E-state index in [0.29, 0.717) is 30.3 Å². The van der Waals surface area contributed by atoms with Crippen molar-refractivity contribution >= 4 is 38.9 Å². The number of carbonyl (C=O) groups excluding carboxylic acids is 1. The lowest BCUT2D eigenvalue weighted by Crippen LogP contribution is -2.38. The van der Waals surface area contributed by atoms with Crippen LogP contribution in [0.15, 0.2) is 103 Å². The fourth-order valence-electron chi connectivity index (χ4n) is 6.61. The molecule has 1 aliphatic heterocycles. The lowest BCUT2D eigenvalue weighted by Gasteiger charge is -2.31. The van der Waals surface area contributed by atoms with Crippen LogP contribution in [-0.4, -0.2) is 53.4 Å². The Hall–Kier alpha value is -4.75. The van der Waals surface area contributed by atoms with E-state index in [1.165, 1.54) is 4.31 Å². The van der Waals surface area contributed by atoms with Crippen molar-refractivity contribution in [3.63, 3.8) is 0 Å². The molecule has 0 bridgehead atoms. The largest absolute Gasteiger partial charge is 0.466 e. The van der Waals surface area contributed by atoms with Gasteiger partial charge in [0, 0.05) is 36.7 Å². The van der Waals surface area contributed by atoms with Crippen molar-refractivity contribution in [2.75, 3.05) is 19.8 Å². The molecule has 4 aromatic carbocycles. The number of esters is 1. The summed E-state index contributed by atoms with van der Waals surface area (Å²) in [6, 6.07) is 28.3. The van der Waals surface area contributed by atoms with E-state index in [9.17, 15) is 13.2 Å². The average molecular weight is 773 g/mol. The van der Waals surface area contributed by atoms with Gasteiger partial charge in [0.15, 0.2) is 0 Å². The van der Waals surface area contributed by atoms with Gasteiger partial charge in [-0.05, 0) is 79.1 Å². The Morgan fingerprint density at radius 2 is 1.67 bits per heavy atom. The number of halogens is 1. The molecule has 284 valence electrons. The van der Waals surface area contributed by atoms with Crippen molar-refractivity contribution < 1.29 is 31.6 Å². The molecule has 6 rings (SSSR count). The SMILES string of the molecule is CCOC(=O)CC(c1ccc(Cl)c([C@@H](C)N2CC=C(OCc3ccccc3)OS2(=O)=O)c1)c1ccc2c(nnn2CCCCOCc2ccccc2)c1C. The molecular formula is C41H45ClN4O7S. The molecule has 1 unspecified atom stereocenters. The van der Waals surface area contributed by atoms with Gasteiger partial charge in [0.2, 0.25) is 0 Å². The summed E-state index contributed by atoms with van der Waals surface area (Å²) in [6.07, 6.45) is 3.41. The first kappa shape index (κ1) is 39.0. The Labute approximate surface area is 321 Å². The first-order valence-corrected chi connectivity index (χ1v) is 19.9. The van der Waals surface area contributed by atoms with Crippen LogP contribution in [0.1, 0.15) is 78.5 Å². The molecule has 13 heteroatoms. The molecule has 5 aromatic rings. The van der Waals surface area contributed by atoms with Crippen LogP contribution in [0.5, 0.6) is 0 Å². The molecule has 2 heterocycles. The monoisotopic (exact) mass is 772 g/mol. The van der Waals surface area contributed by atoms with Gasteiger partial charge in [-0.2, -0.15) is 12.7 Å². The number of unbranched alkanes of at least 4 members (excludes halogenated alkanes) is 1. The van der Waals surface area contributed by atoms with Crippen molar-refractivity contribution in [3.05, 3.63) is 141 Å². The number of hydrogen-bond acceptors (Lipinski definition) is 9. The zero-order chi connectivity index (χ0) is 38.1. The number of aromatic nitrogens is 3. The van der Waals surface area contributed by atoms with Crippen LogP contribution in [0, 0.1) is 6.92 Å². The second-order valence-corrected chi connectivity index (χ2v) is 15.0. The van der Waals surface area contributed by atoms with Crippen LogP contribution >= 0.6 is 11.6 Å². The molecule has 0 radical (unpaired) electrons. The van der Waals surface area contributed by atoms with E-state index in [1.54, 1.807) is 26.0 Å². The van der Waals surface area contributed by atoms with E-state index < -0.39 is 22.3 Å². The van der Waals surface area contributed by atoms with Crippen LogP contribution < -0.4 is 0 Å². The quantitative estimate of drug-likeness (QED) is 0.0681.